The van der Waals surface area contributed by atoms with Crippen molar-refractivity contribution in [3.05, 3.63) is 58.0 Å². The van der Waals surface area contributed by atoms with Crippen LogP contribution in [0.2, 0.25) is 0 Å². The number of carbonyl (C=O) groups excluding carboxylic acids is 1. The number of piperidine rings is 1. The van der Waals surface area contributed by atoms with Crippen LogP contribution in [-0.2, 0) is 11.3 Å². The van der Waals surface area contributed by atoms with E-state index >= 15 is 0 Å². The number of carbonyl (C=O) groups is 1. The van der Waals surface area contributed by atoms with Gasteiger partial charge in [-0.25, -0.2) is 4.68 Å². The molecule has 176 valence electrons. The van der Waals surface area contributed by atoms with Gasteiger partial charge in [-0.05, 0) is 62.4 Å². The smallest absolute Gasteiger partial charge is 0.225 e. The molecule has 1 aliphatic rings. The maximum absolute atomic E-state index is 12.9. The number of amides is 1. The second-order valence-electron chi connectivity index (χ2n) is 8.61. The first-order chi connectivity index (χ1) is 16.5. The predicted molar refractivity (Wildman–Crippen MR) is 134 cm³/mol. The predicted octanol–water partition coefficient (Wildman–Crippen LogP) is 4.04. The molecule has 1 unspecified atom stereocenters. The Bertz CT molecular complexity index is 1300. The van der Waals surface area contributed by atoms with Gasteiger partial charge in [-0.3, -0.25) is 4.79 Å². The SMILES string of the molecule is COc1ccc(-n2nc3c(N4CCCC(C(=O)NCc5cccs5)C4)nnc(C)c3c2C)cc1. The maximum Gasteiger partial charge on any atom is 0.225 e. The lowest BCUT2D eigenvalue weighted by atomic mass is 9.97. The van der Waals surface area contributed by atoms with Gasteiger partial charge in [-0.15, -0.1) is 16.4 Å². The van der Waals surface area contributed by atoms with Crippen molar-refractivity contribution in [1.82, 2.24) is 25.3 Å². The number of benzene rings is 1. The Morgan fingerprint density at radius 2 is 2.03 bits per heavy atom. The molecule has 1 N–H and O–H groups in total. The van der Waals surface area contributed by atoms with E-state index < -0.39 is 0 Å². The van der Waals surface area contributed by atoms with E-state index in [4.69, 9.17) is 9.84 Å². The summed E-state index contributed by atoms with van der Waals surface area (Å²) >= 11 is 1.65. The molecule has 1 atom stereocenters. The molecule has 1 amide bonds. The van der Waals surface area contributed by atoms with Crippen molar-refractivity contribution in [3.63, 3.8) is 0 Å². The van der Waals surface area contributed by atoms with Gasteiger partial charge in [0, 0.05) is 18.0 Å². The van der Waals surface area contributed by atoms with Gasteiger partial charge in [0.25, 0.3) is 0 Å². The van der Waals surface area contributed by atoms with Crippen LogP contribution in [0.3, 0.4) is 0 Å². The third kappa shape index (κ3) is 4.23. The van der Waals surface area contributed by atoms with Crippen LogP contribution in [0.15, 0.2) is 41.8 Å². The van der Waals surface area contributed by atoms with Gasteiger partial charge in [-0.2, -0.15) is 10.2 Å². The fraction of sp³-hybridized carbons (Fsp3) is 0.360. The summed E-state index contributed by atoms with van der Waals surface area (Å²) in [4.78, 5) is 16.2. The van der Waals surface area contributed by atoms with E-state index in [1.54, 1.807) is 18.4 Å². The van der Waals surface area contributed by atoms with E-state index in [0.717, 1.165) is 63.8 Å². The van der Waals surface area contributed by atoms with Crippen LogP contribution < -0.4 is 15.0 Å². The van der Waals surface area contributed by atoms with Crippen molar-refractivity contribution >= 4 is 34.0 Å². The molecule has 0 aliphatic carbocycles. The minimum atomic E-state index is -0.0864. The number of nitrogens with zero attached hydrogens (tertiary/aromatic N) is 5. The summed E-state index contributed by atoms with van der Waals surface area (Å²) in [5.41, 5.74) is 3.62. The maximum atomic E-state index is 12.9. The molecular weight excluding hydrogens is 448 g/mol. The molecule has 34 heavy (non-hydrogen) atoms. The van der Waals surface area contributed by atoms with Crippen LogP contribution in [0.1, 0.15) is 29.1 Å². The fourth-order valence-electron chi connectivity index (χ4n) is 4.61. The second-order valence-corrected chi connectivity index (χ2v) is 9.64. The third-order valence-corrected chi connectivity index (χ3v) is 7.29. The quantitative estimate of drug-likeness (QED) is 0.452. The van der Waals surface area contributed by atoms with Crippen molar-refractivity contribution in [2.75, 3.05) is 25.1 Å². The highest BCUT2D eigenvalue weighted by atomic mass is 32.1. The first-order valence-corrected chi connectivity index (χ1v) is 12.3. The molecule has 0 saturated carbocycles. The summed E-state index contributed by atoms with van der Waals surface area (Å²) in [5, 5.41) is 20.1. The summed E-state index contributed by atoms with van der Waals surface area (Å²) in [6.45, 7) is 6.03. The van der Waals surface area contributed by atoms with Crippen LogP contribution >= 0.6 is 11.3 Å². The highest BCUT2D eigenvalue weighted by molar-refractivity contribution is 7.09. The normalized spacial score (nSPS) is 16.1. The van der Waals surface area contributed by atoms with E-state index in [9.17, 15) is 4.79 Å². The third-order valence-electron chi connectivity index (χ3n) is 6.41. The zero-order chi connectivity index (χ0) is 23.7. The Hall–Kier alpha value is -3.46. The van der Waals surface area contributed by atoms with Gasteiger partial charge >= 0.3 is 0 Å². The monoisotopic (exact) mass is 476 g/mol. The van der Waals surface area contributed by atoms with Gasteiger partial charge in [-0.1, -0.05) is 6.07 Å². The molecular formula is C25H28N6O2S. The number of methoxy groups -OCH3 is 1. The molecule has 5 rings (SSSR count). The number of aryl methyl sites for hydroxylation is 2. The Morgan fingerprint density at radius 1 is 1.21 bits per heavy atom. The van der Waals surface area contributed by atoms with Gasteiger partial charge in [0.1, 0.15) is 11.3 Å². The van der Waals surface area contributed by atoms with Gasteiger partial charge in [0.15, 0.2) is 5.82 Å². The van der Waals surface area contributed by atoms with E-state index in [1.807, 2.05) is 53.4 Å². The zero-order valence-electron chi connectivity index (χ0n) is 19.6. The van der Waals surface area contributed by atoms with Crippen molar-refractivity contribution in [2.24, 2.45) is 5.92 Å². The number of nitrogens with one attached hydrogen (secondary N) is 1. The number of fused-ring (bicyclic) bond motifs is 1. The number of thiophene rings is 1. The summed E-state index contributed by atoms with van der Waals surface area (Å²) < 4.78 is 7.22. The van der Waals surface area contributed by atoms with Crippen LogP contribution in [0.5, 0.6) is 5.75 Å². The average Bonchev–Trinajstić information content (AvgIpc) is 3.51. The van der Waals surface area contributed by atoms with Crippen LogP contribution in [0, 0.1) is 19.8 Å². The van der Waals surface area contributed by atoms with E-state index in [1.165, 1.54) is 0 Å². The Kier molecular flexibility index (Phi) is 6.19. The lowest BCUT2D eigenvalue weighted by Crippen LogP contribution is -2.43. The second kappa shape index (κ2) is 9.42. The first kappa shape index (κ1) is 22.3. The zero-order valence-corrected chi connectivity index (χ0v) is 20.4. The van der Waals surface area contributed by atoms with Crippen molar-refractivity contribution in [1.29, 1.82) is 0 Å². The number of aromatic nitrogens is 4. The highest BCUT2D eigenvalue weighted by Crippen LogP contribution is 2.32. The summed E-state index contributed by atoms with van der Waals surface area (Å²) in [6.07, 6.45) is 1.79. The summed E-state index contributed by atoms with van der Waals surface area (Å²) in [6, 6.07) is 11.9. The van der Waals surface area contributed by atoms with E-state index in [2.05, 4.69) is 27.3 Å². The lowest BCUT2D eigenvalue weighted by Gasteiger charge is -2.32. The number of anilines is 1. The Balaban J connectivity index is 1.42. The molecule has 0 radical (unpaired) electrons. The molecule has 1 fully saturated rings. The van der Waals surface area contributed by atoms with Crippen LogP contribution in [0.25, 0.3) is 16.6 Å². The topological polar surface area (TPSA) is 85.2 Å². The number of rotatable bonds is 6. The van der Waals surface area contributed by atoms with Crippen molar-refractivity contribution in [2.45, 2.75) is 33.2 Å². The van der Waals surface area contributed by atoms with Crippen LogP contribution in [-0.4, -0.2) is 46.1 Å². The summed E-state index contributed by atoms with van der Waals surface area (Å²) in [7, 11) is 1.66. The molecule has 1 aromatic carbocycles. The molecule has 0 bridgehead atoms. The number of hydrogen-bond acceptors (Lipinski definition) is 7. The van der Waals surface area contributed by atoms with Gasteiger partial charge in [0.05, 0.1) is 42.0 Å². The molecule has 1 saturated heterocycles. The largest absolute Gasteiger partial charge is 0.497 e. The van der Waals surface area contributed by atoms with Crippen molar-refractivity contribution in [3.8, 4) is 11.4 Å². The fourth-order valence-corrected chi connectivity index (χ4v) is 5.26. The standard InChI is InChI=1S/C25H28N6O2S/c1-16-22-17(2)31(19-8-10-20(33-3)11-9-19)29-23(22)24(28-27-16)30-12-4-6-18(15-30)25(32)26-14-21-7-5-13-34-21/h5,7-11,13,18H,4,6,12,14-15H2,1-3H3,(H,26,32). The molecule has 8 nitrogen and oxygen atoms in total. The molecule has 3 aromatic heterocycles. The van der Waals surface area contributed by atoms with E-state index in [0.29, 0.717) is 13.1 Å². The number of ether oxygens (including phenoxy) is 1. The average molecular weight is 477 g/mol. The minimum Gasteiger partial charge on any atom is -0.497 e. The lowest BCUT2D eigenvalue weighted by molar-refractivity contribution is -0.125. The minimum absolute atomic E-state index is 0.0864. The molecule has 4 aromatic rings. The molecule has 4 heterocycles. The molecule has 0 spiro atoms. The highest BCUT2D eigenvalue weighted by Gasteiger charge is 2.29. The van der Waals surface area contributed by atoms with Crippen molar-refractivity contribution < 1.29 is 9.53 Å². The Morgan fingerprint density at radius 3 is 2.76 bits per heavy atom. The summed E-state index contributed by atoms with van der Waals surface area (Å²) in [5.74, 6) is 1.55. The van der Waals surface area contributed by atoms with Gasteiger partial charge in [0.2, 0.25) is 5.91 Å². The first-order valence-electron chi connectivity index (χ1n) is 11.5. The van der Waals surface area contributed by atoms with Gasteiger partial charge < -0.3 is 15.0 Å². The Labute approximate surface area is 202 Å². The van der Waals surface area contributed by atoms with Crippen LogP contribution in [0.4, 0.5) is 5.82 Å². The van der Waals surface area contributed by atoms with E-state index in [-0.39, 0.29) is 11.8 Å². The molecule has 9 heteroatoms. The molecule has 1 aliphatic heterocycles. The number of hydrogen-bond donors (Lipinski definition) is 1.